The molecule has 0 heterocycles. The van der Waals surface area contributed by atoms with Crippen LogP contribution < -0.4 is 5.73 Å². The molecule has 1 aliphatic rings. The van der Waals surface area contributed by atoms with Crippen molar-refractivity contribution in [2.24, 2.45) is 5.73 Å². The first-order valence-electron chi connectivity index (χ1n) is 4.82. The highest BCUT2D eigenvalue weighted by molar-refractivity contribution is 5.45. The molecule has 0 amide bonds. The molecule has 2 rings (SSSR count). The van der Waals surface area contributed by atoms with Gasteiger partial charge in [0.2, 0.25) is 0 Å². The number of halogens is 1. The lowest BCUT2D eigenvalue weighted by atomic mass is 9.71. The number of benzene rings is 1. The van der Waals surface area contributed by atoms with Gasteiger partial charge in [-0.1, -0.05) is 6.07 Å². The molecule has 0 radical (unpaired) electrons. The quantitative estimate of drug-likeness (QED) is 0.721. The van der Waals surface area contributed by atoms with E-state index in [1.54, 1.807) is 6.07 Å². The molecule has 0 spiro atoms. The standard InChI is InChI=1S/C11H14FNO/c1-7-3-4-8(12)10(14)9(7)11(13)5-2-6-11/h3-4,14H,2,5-6,13H2,1H3. The molecule has 0 aromatic heterocycles. The smallest absolute Gasteiger partial charge is 0.165 e. The summed E-state index contributed by atoms with van der Waals surface area (Å²) in [5.74, 6) is -0.852. The Bertz CT molecular complexity index is 372. The number of hydrogen-bond acceptors (Lipinski definition) is 2. The molecule has 2 nitrogen and oxygen atoms in total. The first kappa shape index (κ1) is 9.46. The molecule has 1 saturated carbocycles. The van der Waals surface area contributed by atoms with Crippen LogP contribution in [0.3, 0.4) is 0 Å². The predicted octanol–water partition coefficient (Wildman–Crippen LogP) is 2.18. The van der Waals surface area contributed by atoms with Crippen molar-refractivity contribution in [2.75, 3.05) is 0 Å². The molecule has 1 aromatic rings. The van der Waals surface area contributed by atoms with Gasteiger partial charge >= 0.3 is 0 Å². The SMILES string of the molecule is Cc1ccc(F)c(O)c1C1(N)CCC1. The van der Waals surface area contributed by atoms with Gasteiger partial charge in [-0.05, 0) is 37.8 Å². The van der Waals surface area contributed by atoms with Gasteiger partial charge in [0.05, 0.1) is 0 Å². The molecule has 0 atom stereocenters. The van der Waals surface area contributed by atoms with E-state index in [0.717, 1.165) is 24.8 Å². The van der Waals surface area contributed by atoms with Gasteiger partial charge in [0.25, 0.3) is 0 Å². The van der Waals surface area contributed by atoms with E-state index < -0.39 is 11.4 Å². The van der Waals surface area contributed by atoms with E-state index in [1.807, 2.05) is 6.92 Å². The second kappa shape index (κ2) is 2.95. The maximum Gasteiger partial charge on any atom is 0.165 e. The topological polar surface area (TPSA) is 46.2 Å². The maximum absolute atomic E-state index is 13.1. The van der Waals surface area contributed by atoms with Gasteiger partial charge < -0.3 is 10.8 Å². The molecule has 1 aliphatic carbocycles. The lowest BCUT2D eigenvalue weighted by Gasteiger charge is -2.39. The van der Waals surface area contributed by atoms with Crippen LogP contribution in [0.4, 0.5) is 4.39 Å². The van der Waals surface area contributed by atoms with Crippen LogP contribution in [-0.4, -0.2) is 5.11 Å². The number of nitrogens with two attached hydrogens (primary N) is 1. The van der Waals surface area contributed by atoms with Crippen LogP contribution in [0.1, 0.15) is 30.4 Å². The minimum absolute atomic E-state index is 0.271. The van der Waals surface area contributed by atoms with E-state index in [4.69, 9.17) is 5.73 Å². The van der Waals surface area contributed by atoms with Crippen LogP contribution in [0.2, 0.25) is 0 Å². The molecule has 1 fully saturated rings. The molecular weight excluding hydrogens is 181 g/mol. The molecule has 1 aromatic carbocycles. The van der Waals surface area contributed by atoms with E-state index in [-0.39, 0.29) is 5.75 Å². The summed E-state index contributed by atoms with van der Waals surface area (Å²) in [6.07, 6.45) is 2.70. The average Bonchev–Trinajstić information content (AvgIpc) is 2.09. The summed E-state index contributed by atoms with van der Waals surface area (Å²) in [4.78, 5) is 0. The average molecular weight is 195 g/mol. The van der Waals surface area contributed by atoms with Crippen LogP contribution >= 0.6 is 0 Å². The maximum atomic E-state index is 13.1. The van der Waals surface area contributed by atoms with Crippen molar-refractivity contribution < 1.29 is 9.50 Å². The van der Waals surface area contributed by atoms with Crippen molar-refractivity contribution in [3.8, 4) is 5.75 Å². The zero-order valence-electron chi connectivity index (χ0n) is 8.18. The van der Waals surface area contributed by atoms with Gasteiger partial charge in [0.15, 0.2) is 11.6 Å². The summed E-state index contributed by atoms with van der Waals surface area (Å²) in [6, 6.07) is 2.94. The molecular formula is C11H14FNO. The fourth-order valence-corrected chi connectivity index (χ4v) is 2.10. The molecule has 14 heavy (non-hydrogen) atoms. The van der Waals surface area contributed by atoms with Gasteiger partial charge in [-0.25, -0.2) is 4.39 Å². The summed E-state index contributed by atoms with van der Waals surface area (Å²) in [5.41, 5.74) is 7.02. The number of rotatable bonds is 1. The Morgan fingerprint density at radius 2 is 2.07 bits per heavy atom. The summed E-state index contributed by atoms with van der Waals surface area (Å²) in [5, 5.41) is 9.62. The third kappa shape index (κ3) is 1.20. The molecule has 0 aliphatic heterocycles. The fraction of sp³-hybridized carbons (Fsp3) is 0.455. The van der Waals surface area contributed by atoms with Gasteiger partial charge in [-0.15, -0.1) is 0 Å². The van der Waals surface area contributed by atoms with Crippen molar-refractivity contribution >= 4 is 0 Å². The second-order valence-electron chi connectivity index (χ2n) is 4.10. The Morgan fingerprint density at radius 1 is 1.43 bits per heavy atom. The molecule has 0 unspecified atom stereocenters. The van der Waals surface area contributed by atoms with Gasteiger partial charge in [0.1, 0.15) is 0 Å². The Hall–Kier alpha value is -1.09. The van der Waals surface area contributed by atoms with Crippen LogP contribution in [0.15, 0.2) is 12.1 Å². The van der Waals surface area contributed by atoms with E-state index in [9.17, 15) is 9.50 Å². The highest BCUT2D eigenvalue weighted by Crippen LogP contribution is 2.44. The summed E-state index contributed by atoms with van der Waals surface area (Å²) in [6.45, 7) is 1.85. The molecule has 3 N–H and O–H groups in total. The molecule has 0 saturated heterocycles. The van der Waals surface area contributed by atoms with Crippen molar-refractivity contribution in [1.82, 2.24) is 0 Å². The lowest BCUT2D eigenvalue weighted by molar-refractivity contribution is 0.241. The van der Waals surface area contributed by atoms with Gasteiger partial charge in [0, 0.05) is 11.1 Å². The van der Waals surface area contributed by atoms with E-state index in [0.29, 0.717) is 5.56 Å². The summed E-state index contributed by atoms with van der Waals surface area (Å²) in [7, 11) is 0. The summed E-state index contributed by atoms with van der Waals surface area (Å²) >= 11 is 0. The first-order chi connectivity index (χ1) is 6.54. The van der Waals surface area contributed by atoms with Crippen molar-refractivity contribution in [3.63, 3.8) is 0 Å². The number of hydrogen-bond donors (Lipinski definition) is 2. The number of aromatic hydroxyl groups is 1. The van der Waals surface area contributed by atoms with Crippen LogP contribution in [0.25, 0.3) is 0 Å². The minimum Gasteiger partial charge on any atom is -0.505 e. The first-order valence-corrected chi connectivity index (χ1v) is 4.82. The lowest BCUT2D eigenvalue weighted by Crippen LogP contribution is -2.44. The van der Waals surface area contributed by atoms with Crippen LogP contribution in [0, 0.1) is 12.7 Å². The van der Waals surface area contributed by atoms with Gasteiger partial charge in [-0.2, -0.15) is 0 Å². The van der Waals surface area contributed by atoms with Gasteiger partial charge in [-0.3, -0.25) is 0 Å². The fourth-order valence-electron chi connectivity index (χ4n) is 2.10. The highest BCUT2D eigenvalue weighted by Gasteiger charge is 2.38. The van der Waals surface area contributed by atoms with E-state index in [2.05, 4.69) is 0 Å². The van der Waals surface area contributed by atoms with Crippen molar-refractivity contribution in [1.29, 1.82) is 0 Å². The highest BCUT2D eigenvalue weighted by atomic mass is 19.1. The van der Waals surface area contributed by atoms with Crippen LogP contribution in [0.5, 0.6) is 5.75 Å². The Morgan fingerprint density at radius 3 is 2.57 bits per heavy atom. The normalized spacial score (nSPS) is 19.1. The third-order valence-electron chi connectivity index (χ3n) is 3.08. The Labute approximate surface area is 82.5 Å². The zero-order chi connectivity index (χ0) is 10.3. The van der Waals surface area contributed by atoms with E-state index in [1.165, 1.54) is 6.07 Å². The summed E-state index contributed by atoms with van der Waals surface area (Å²) < 4.78 is 13.1. The number of phenolic OH excluding ortho intramolecular Hbond substituents is 1. The number of phenols is 1. The van der Waals surface area contributed by atoms with Crippen molar-refractivity contribution in [2.45, 2.75) is 31.7 Å². The Balaban J connectivity index is 2.56. The third-order valence-corrected chi connectivity index (χ3v) is 3.08. The largest absolute Gasteiger partial charge is 0.505 e. The monoisotopic (exact) mass is 195 g/mol. The van der Waals surface area contributed by atoms with Crippen molar-refractivity contribution in [3.05, 3.63) is 29.1 Å². The molecule has 76 valence electrons. The Kier molecular flexibility index (Phi) is 2.00. The molecule has 3 heteroatoms. The zero-order valence-corrected chi connectivity index (χ0v) is 8.18. The second-order valence-corrected chi connectivity index (χ2v) is 4.10. The molecule has 0 bridgehead atoms. The van der Waals surface area contributed by atoms with E-state index >= 15 is 0 Å². The predicted molar refractivity (Wildman–Crippen MR) is 52.5 cm³/mol. The van der Waals surface area contributed by atoms with Crippen LogP contribution in [-0.2, 0) is 5.54 Å². The minimum atomic E-state index is -0.581. The number of aryl methyl sites for hydroxylation is 1.